The zero-order valence-corrected chi connectivity index (χ0v) is 8.17. The molecular weight excluding hydrogens is 200 g/mol. The molecule has 0 saturated heterocycles. The average Bonchev–Trinajstić information content (AvgIpc) is 2.59. The molecule has 0 aliphatic carbocycles. The number of aromatic nitrogens is 3. The zero-order chi connectivity index (χ0) is 11.0. The molecule has 2 heterocycles. The van der Waals surface area contributed by atoms with E-state index in [1.807, 2.05) is 0 Å². The smallest absolute Gasteiger partial charge is 0.329 e. The monoisotopic (exact) mass is 208 g/mol. The van der Waals surface area contributed by atoms with Gasteiger partial charge in [-0.05, 0) is 13.0 Å². The van der Waals surface area contributed by atoms with E-state index in [1.165, 1.54) is 23.6 Å². The molecule has 7 heteroatoms. The maximum atomic E-state index is 10.7. The van der Waals surface area contributed by atoms with Crippen LogP contribution in [0.15, 0.2) is 12.1 Å². The molecule has 0 bridgehead atoms. The van der Waals surface area contributed by atoms with Crippen molar-refractivity contribution in [1.29, 1.82) is 0 Å². The Labute approximate surface area is 84.5 Å². The van der Waals surface area contributed by atoms with Gasteiger partial charge in [0.25, 0.3) is 5.88 Å². The number of nitro groups is 1. The summed E-state index contributed by atoms with van der Waals surface area (Å²) in [5, 5.41) is 18.4. The molecule has 0 spiro atoms. The van der Waals surface area contributed by atoms with Crippen LogP contribution in [0.4, 0.5) is 5.69 Å². The van der Waals surface area contributed by atoms with Gasteiger partial charge in [0.1, 0.15) is 5.82 Å². The Morgan fingerprint density at radius 2 is 2.20 bits per heavy atom. The van der Waals surface area contributed by atoms with E-state index in [0.717, 1.165) is 0 Å². The van der Waals surface area contributed by atoms with E-state index in [4.69, 9.17) is 4.74 Å². The summed E-state index contributed by atoms with van der Waals surface area (Å²) in [6, 6.07) is 2.88. The Morgan fingerprint density at radius 3 is 2.80 bits per heavy atom. The molecule has 2 rings (SSSR count). The number of rotatable bonds is 2. The van der Waals surface area contributed by atoms with Crippen molar-refractivity contribution in [2.45, 2.75) is 6.92 Å². The van der Waals surface area contributed by atoms with Crippen LogP contribution in [0.2, 0.25) is 0 Å². The van der Waals surface area contributed by atoms with Crippen molar-refractivity contribution < 1.29 is 9.66 Å². The Morgan fingerprint density at radius 1 is 1.47 bits per heavy atom. The molecule has 0 N–H and O–H groups in total. The van der Waals surface area contributed by atoms with Crippen LogP contribution in [0, 0.1) is 17.0 Å². The molecule has 0 unspecified atom stereocenters. The summed E-state index contributed by atoms with van der Waals surface area (Å²) in [4.78, 5) is 10.2. The number of pyridine rings is 1. The molecule has 0 radical (unpaired) electrons. The number of fused-ring (bicyclic) bond motifs is 1. The maximum Gasteiger partial charge on any atom is 0.329 e. The summed E-state index contributed by atoms with van der Waals surface area (Å²) in [6.45, 7) is 1.70. The Kier molecular flexibility index (Phi) is 2.00. The van der Waals surface area contributed by atoms with Crippen molar-refractivity contribution in [3.8, 4) is 5.88 Å². The Hall–Kier alpha value is -2.18. The van der Waals surface area contributed by atoms with Crippen LogP contribution in [0.25, 0.3) is 5.65 Å². The minimum atomic E-state index is -0.502. The standard InChI is InChI=1S/C8H8N4O3/c1-5-9-10-7-4-3-6(12(13)14)8(15-2)11(5)7/h3-4H,1-2H3. The first-order valence-corrected chi connectivity index (χ1v) is 4.18. The van der Waals surface area contributed by atoms with Gasteiger partial charge in [-0.3, -0.25) is 10.1 Å². The van der Waals surface area contributed by atoms with E-state index >= 15 is 0 Å². The largest absolute Gasteiger partial charge is 0.477 e. The minimum Gasteiger partial charge on any atom is -0.477 e. The fourth-order valence-corrected chi connectivity index (χ4v) is 1.41. The van der Waals surface area contributed by atoms with Gasteiger partial charge >= 0.3 is 5.69 Å². The fraction of sp³-hybridized carbons (Fsp3) is 0.250. The molecule has 0 fully saturated rings. The molecule has 15 heavy (non-hydrogen) atoms. The Bertz CT molecular complexity index is 534. The van der Waals surface area contributed by atoms with Gasteiger partial charge < -0.3 is 4.74 Å². The van der Waals surface area contributed by atoms with Gasteiger partial charge in [0, 0.05) is 6.07 Å². The number of ether oxygens (including phenoxy) is 1. The molecule has 0 amide bonds. The first-order valence-electron chi connectivity index (χ1n) is 4.18. The number of methoxy groups -OCH3 is 1. The van der Waals surface area contributed by atoms with Crippen molar-refractivity contribution in [3.05, 3.63) is 28.1 Å². The number of nitrogens with zero attached hydrogens (tertiary/aromatic N) is 4. The summed E-state index contributed by atoms with van der Waals surface area (Å²) in [7, 11) is 1.38. The lowest BCUT2D eigenvalue weighted by Crippen LogP contribution is -2.01. The van der Waals surface area contributed by atoms with E-state index in [9.17, 15) is 10.1 Å². The van der Waals surface area contributed by atoms with Gasteiger partial charge in [-0.15, -0.1) is 10.2 Å². The maximum absolute atomic E-state index is 10.7. The van der Waals surface area contributed by atoms with Crippen molar-refractivity contribution >= 4 is 11.3 Å². The number of aryl methyl sites for hydroxylation is 1. The molecule has 7 nitrogen and oxygen atoms in total. The topological polar surface area (TPSA) is 82.6 Å². The molecule has 2 aromatic heterocycles. The predicted octanol–water partition coefficient (Wildman–Crippen LogP) is 0.955. The normalized spacial score (nSPS) is 10.5. The van der Waals surface area contributed by atoms with Crippen molar-refractivity contribution in [1.82, 2.24) is 14.6 Å². The highest BCUT2D eigenvalue weighted by Gasteiger charge is 2.19. The van der Waals surface area contributed by atoms with Crippen LogP contribution in [-0.2, 0) is 0 Å². The molecule has 2 aromatic rings. The van der Waals surface area contributed by atoms with E-state index in [-0.39, 0.29) is 11.6 Å². The summed E-state index contributed by atoms with van der Waals surface area (Å²) in [6.07, 6.45) is 0. The van der Waals surface area contributed by atoms with Crippen LogP contribution >= 0.6 is 0 Å². The van der Waals surface area contributed by atoms with Gasteiger partial charge in [-0.25, -0.2) is 4.40 Å². The second-order valence-electron chi connectivity index (χ2n) is 2.93. The molecular formula is C8H8N4O3. The SMILES string of the molecule is COc1c([N+](=O)[O-])ccc2nnc(C)n12. The zero-order valence-electron chi connectivity index (χ0n) is 8.17. The van der Waals surface area contributed by atoms with Crippen LogP contribution < -0.4 is 4.74 Å². The highest BCUT2D eigenvalue weighted by molar-refractivity contribution is 5.52. The number of hydrogen-bond donors (Lipinski definition) is 0. The van der Waals surface area contributed by atoms with Crippen LogP contribution in [-0.4, -0.2) is 26.6 Å². The van der Waals surface area contributed by atoms with Crippen LogP contribution in [0.5, 0.6) is 5.88 Å². The predicted molar refractivity (Wildman–Crippen MR) is 50.9 cm³/mol. The van der Waals surface area contributed by atoms with Crippen LogP contribution in [0.1, 0.15) is 5.82 Å². The van der Waals surface area contributed by atoms with Crippen LogP contribution in [0.3, 0.4) is 0 Å². The average molecular weight is 208 g/mol. The summed E-state index contributed by atoms with van der Waals surface area (Å²) >= 11 is 0. The lowest BCUT2D eigenvalue weighted by Gasteiger charge is -2.04. The van der Waals surface area contributed by atoms with Gasteiger partial charge in [0.05, 0.1) is 12.0 Å². The highest BCUT2D eigenvalue weighted by Crippen LogP contribution is 2.27. The molecule has 78 valence electrons. The Balaban J connectivity index is 2.85. The first-order chi connectivity index (χ1) is 7.15. The summed E-state index contributed by atoms with van der Waals surface area (Å²) in [5.41, 5.74) is 0.419. The van der Waals surface area contributed by atoms with Crippen molar-refractivity contribution in [2.75, 3.05) is 7.11 Å². The molecule has 0 aliphatic rings. The second kappa shape index (κ2) is 3.19. The van der Waals surface area contributed by atoms with Gasteiger partial charge in [-0.1, -0.05) is 0 Å². The molecule has 0 aromatic carbocycles. The molecule has 0 atom stereocenters. The van der Waals surface area contributed by atoms with E-state index in [0.29, 0.717) is 11.5 Å². The third-order valence-corrected chi connectivity index (χ3v) is 2.05. The van der Waals surface area contributed by atoms with Crippen molar-refractivity contribution in [3.63, 3.8) is 0 Å². The summed E-state index contributed by atoms with van der Waals surface area (Å²) in [5.74, 6) is 0.686. The summed E-state index contributed by atoms with van der Waals surface area (Å²) < 4.78 is 6.50. The quantitative estimate of drug-likeness (QED) is 0.542. The first kappa shape index (κ1) is 9.38. The van der Waals surface area contributed by atoms with Gasteiger partial charge in [-0.2, -0.15) is 0 Å². The van der Waals surface area contributed by atoms with Crippen molar-refractivity contribution in [2.24, 2.45) is 0 Å². The third-order valence-electron chi connectivity index (χ3n) is 2.05. The lowest BCUT2D eigenvalue weighted by atomic mass is 10.4. The fourth-order valence-electron chi connectivity index (χ4n) is 1.41. The van der Waals surface area contributed by atoms with Gasteiger partial charge in [0.15, 0.2) is 5.65 Å². The molecule has 0 aliphatic heterocycles. The third kappa shape index (κ3) is 1.28. The van der Waals surface area contributed by atoms with E-state index in [1.54, 1.807) is 6.92 Å². The van der Waals surface area contributed by atoms with E-state index in [2.05, 4.69) is 10.2 Å². The molecule has 0 saturated carbocycles. The number of hydrogen-bond acceptors (Lipinski definition) is 5. The lowest BCUT2D eigenvalue weighted by molar-refractivity contribution is -0.386. The van der Waals surface area contributed by atoms with E-state index < -0.39 is 4.92 Å². The minimum absolute atomic E-state index is 0.104. The second-order valence-corrected chi connectivity index (χ2v) is 2.93. The van der Waals surface area contributed by atoms with Gasteiger partial charge in [0.2, 0.25) is 0 Å². The highest BCUT2D eigenvalue weighted by atomic mass is 16.6.